The topological polar surface area (TPSA) is 55.8 Å². The fraction of sp³-hybridized carbons (Fsp3) is 0.852. The quantitative estimate of drug-likeness (QED) is 0.0853. The molecule has 0 aliphatic heterocycles. The second-order valence-corrected chi connectivity index (χ2v) is 9.31. The highest BCUT2D eigenvalue weighted by atomic mass is 16.5. The zero-order chi connectivity index (χ0) is 24.0. The predicted molar refractivity (Wildman–Crippen MR) is 134 cm³/mol. The van der Waals surface area contributed by atoms with Crippen molar-refractivity contribution in [3.63, 3.8) is 0 Å². The van der Waals surface area contributed by atoms with Crippen LogP contribution in [0.2, 0.25) is 0 Å². The number of esters is 2. The first-order valence-corrected chi connectivity index (χ1v) is 12.9. The first kappa shape index (κ1) is 30.6. The van der Waals surface area contributed by atoms with Gasteiger partial charge in [-0.1, -0.05) is 76.9 Å². The lowest BCUT2D eigenvalue weighted by Gasteiger charge is -2.22. The van der Waals surface area contributed by atoms with Gasteiger partial charge in [-0.25, -0.2) is 0 Å². The Kier molecular flexibility index (Phi) is 20.6. The molecule has 0 spiro atoms. The van der Waals surface area contributed by atoms with Crippen molar-refractivity contribution in [2.24, 2.45) is 11.8 Å². The lowest BCUT2D eigenvalue weighted by molar-refractivity contribution is -0.159. The van der Waals surface area contributed by atoms with E-state index in [4.69, 9.17) is 9.47 Å². The van der Waals surface area contributed by atoms with E-state index < -0.39 is 17.9 Å². The average molecular weight is 454 g/mol. The van der Waals surface area contributed by atoms with Crippen LogP contribution in [0.3, 0.4) is 0 Å². The van der Waals surface area contributed by atoms with Crippen LogP contribution >= 0.6 is 0 Å². The van der Waals surface area contributed by atoms with Gasteiger partial charge in [0.2, 0.25) is 0 Å². The van der Waals surface area contributed by atoms with Gasteiger partial charge >= 0.3 is 11.9 Å². The number of allylic oxidation sites excluding steroid dienone is 2. The maximum absolute atomic E-state index is 12.0. The molecule has 0 saturated heterocycles. The second-order valence-electron chi connectivity index (χ2n) is 9.31. The number of nitrogens with zero attached hydrogens (tertiary/aromatic N) is 1. The van der Waals surface area contributed by atoms with Crippen molar-refractivity contribution in [3.8, 4) is 0 Å². The standard InChI is InChI=1S/C27H51NO4/c1-6-7-8-9-10-11-12-13-14-15-16-17-18-19-20-24(21-22-28(2)3)23-25(26(29)31-4)27(30)32-5/h13-14,24-25H,6-12,15-23H2,1-5H3/b14-13-. The van der Waals surface area contributed by atoms with Gasteiger partial charge in [-0.15, -0.1) is 0 Å². The molecule has 5 nitrogen and oxygen atoms in total. The van der Waals surface area contributed by atoms with E-state index in [0.29, 0.717) is 12.3 Å². The van der Waals surface area contributed by atoms with Crippen LogP contribution in [0.5, 0.6) is 0 Å². The van der Waals surface area contributed by atoms with Crippen molar-refractivity contribution in [1.29, 1.82) is 0 Å². The Morgan fingerprint density at radius 1 is 0.750 bits per heavy atom. The summed E-state index contributed by atoms with van der Waals surface area (Å²) in [5.74, 6) is -1.47. The number of rotatable bonds is 21. The minimum absolute atomic E-state index is 0.317. The van der Waals surface area contributed by atoms with Crippen LogP contribution in [-0.2, 0) is 19.1 Å². The van der Waals surface area contributed by atoms with Crippen LogP contribution in [0.4, 0.5) is 0 Å². The average Bonchev–Trinajstić information content (AvgIpc) is 2.79. The third-order valence-electron chi connectivity index (χ3n) is 6.15. The van der Waals surface area contributed by atoms with Crippen molar-refractivity contribution in [3.05, 3.63) is 12.2 Å². The minimum atomic E-state index is -0.811. The summed E-state index contributed by atoms with van der Waals surface area (Å²) >= 11 is 0. The number of hydrogen-bond acceptors (Lipinski definition) is 5. The fourth-order valence-corrected chi connectivity index (χ4v) is 4.05. The predicted octanol–water partition coefficient (Wildman–Crippen LogP) is 6.55. The molecule has 0 aromatic carbocycles. The molecule has 0 N–H and O–H groups in total. The third kappa shape index (κ3) is 17.2. The van der Waals surface area contributed by atoms with Crippen molar-refractivity contribution in [2.45, 2.75) is 103 Å². The first-order chi connectivity index (χ1) is 15.5. The second kappa shape index (κ2) is 21.5. The SMILES string of the molecule is CCCCCCCC/C=C\CCCCCCC(CCN(C)C)CC(C(=O)OC)C(=O)OC. The molecule has 0 bridgehead atoms. The van der Waals surface area contributed by atoms with Crippen LogP contribution < -0.4 is 0 Å². The Balaban J connectivity index is 4.12. The number of methoxy groups -OCH3 is 2. The van der Waals surface area contributed by atoms with E-state index in [-0.39, 0.29) is 0 Å². The molecule has 1 unspecified atom stereocenters. The monoisotopic (exact) mass is 453 g/mol. The number of ether oxygens (including phenoxy) is 2. The molecule has 0 aliphatic rings. The van der Waals surface area contributed by atoms with Crippen LogP contribution in [0.25, 0.3) is 0 Å². The molecule has 0 rings (SSSR count). The minimum Gasteiger partial charge on any atom is -0.468 e. The van der Waals surface area contributed by atoms with Crippen molar-refractivity contribution in [1.82, 2.24) is 4.90 Å². The highest BCUT2D eigenvalue weighted by Gasteiger charge is 2.31. The summed E-state index contributed by atoms with van der Waals surface area (Å²) < 4.78 is 9.66. The van der Waals surface area contributed by atoms with E-state index >= 15 is 0 Å². The van der Waals surface area contributed by atoms with Gasteiger partial charge in [0.05, 0.1) is 14.2 Å². The number of carbonyl (C=O) groups is 2. The highest BCUT2D eigenvalue weighted by molar-refractivity contribution is 5.94. The molecule has 0 fully saturated rings. The molecular weight excluding hydrogens is 402 g/mol. The molecule has 0 aliphatic carbocycles. The van der Waals surface area contributed by atoms with Crippen molar-refractivity contribution >= 4 is 11.9 Å². The molecule has 1 atom stereocenters. The van der Waals surface area contributed by atoms with Gasteiger partial charge < -0.3 is 14.4 Å². The van der Waals surface area contributed by atoms with E-state index in [2.05, 4.69) is 38.1 Å². The van der Waals surface area contributed by atoms with E-state index in [1.807, 2.05) is 0 Å². The molecule has 0 aromatic heterocycles. The largest absolute Gasteiger partial charge is 0.468 e. The van der Waals surface area contributed by atoms with Crippen LogP contribution in [0.1, 0.15) is 103 Å². The Morgan fingerprint density at radius 2 is 1.25 bits per heavy atom. The van der Waals surface area contributed by atoms with E-state index in [9.17, 15) is 9.59 Å². The number of unbranched alkanes of at least 4 members (excludes halogenated alkanes) is 10. The van der Waals surface area contributed by atoms with Crippen molar-refractivity contribution < 1.29 is 19.1 Å². The summed E-state index contributed by atoms with van der Waals surface area (Å²) in [6.07, 6.45) is 22.6. The van der Waals surface area contributed by atoms with Crippen LogP contribution in [0.15, 0.2) is 12.2 Å². The highest BCUT2D eigenvalue weighted by Crippen LogP contribution is 2.24. The molecule has 0 aromatic rings. The third-order valence-corrected chi connectivity index (χ3v) is 6.15. The lowest BCUT2D eigenvalue weighted by Crippen LogP contribution is -2.29. The molecule has 32 heavy (non-hydrogen) atoms. The maximum atomic E-state index is 12.0. The summed E-state index contributed by atoms with van der Waals surface area (Å²) in [5, 5.41) is 0. The van der Waals surface area contributed by atoms with Gasteiger partial charge in [0, 0.05) is 0 Å². The van der Waals surface area contributed by atoms with Gasteiger partial charge in [-0.05, 0) is 65.1 Å². The molecule has 0 heterocycles. The number of hydrogen-bond donors (Lipinski definition) is 0. The Morgan fingerprint density at radius 3 is 1.75 bits per heavy atom. The zero-order valence-electron chi connectivity index (χ0n) is 21.7. The van der Waals surface area contributed by atoms with Gasteiger partial charge in [-0.3, -0.25) is 9.59 Å². The lowest BCUT2D eigenvalue weighted by atomic mass is 9.87. The molecule has 0 amide bonds. The van der Waals surface area contributed by atoms with E-state index in [0.717, 1.165) is 25.8 Å². The molecule has 5 heteroatoms. The van der Waals surface area contributed by atoms with Gasteiger partial charge in [-0.2, -0.15) is 0 Å². The smallest absolute Gasteiger partial charge is 0.320 e. The molecular formula is C27H51NO4. The molecule has 0 saturated carbocycles. The van der Waals surface area contributed by atoms with Gasteiger partial charge in [0.25, 0.3) is 0 Å². The Hall–Kier alpha value is -1.36. The zero-order valence-corrected chi connectivity index (χ0v) is 21.7. The Labute approximate surface area is 198 Å². The van der Waals surface area contributed by atoms with Gasteiger partial charge in [0.15, 0.2) is 5.92 Å². The normalized spacial score (nSPS) is 12.6. The summed E-state index contributed by atoms with van der Waals surface area (Å²) in [5.41, 5.74) is 0. The number of carbonyl (C=O) groups excluding carboxylic acids is 2. The van der Waals surface area contributed by atoms with Crippen molar-refractivity contribution in [2.75, 3.05) is 34.9 Å². The van der Waals surface area contributed by atoms with E-state index in [1.165, 1.54) is 84.8 Å². The fourth-order valence-electron chi connectivity index (χ4n) is 4.05. The van der Waals surface area contributed by atoms with Crippen LogP contribution in [0, 0.1) is 11.8 Å². The summed E-state index contributed by atoms with van der Waals surface area (Å²) in [4.78, 5) is 26.2. The maximum Gasteiger partial charge on any atom is 0.320 e. The van der Waals surface area contributed by atoms with E-state index in [1.54, 1.807) is 0 Å². The molecule has 188 valence electrons. The van der Waals surface area contributed by atoms with Gasteiger partial charge in [0.1, 0.15) is 0 Å². The molecule has 0 radical (unpaired) electrons. The summed E-state index contributed by atoms with van der Waals surface area (Å²) in [6, 6.07) is 0. The first-order valence-electron chi connectivity index (χ1n) is 12.9. The summed E-state index contributed by atoms with van der Waals surface area (Å²) in [6.45, 7) is 3.21. The Bertz CT molecular complexity index is 474. The van der Waals surface area contributed by atoms with Crippen LogP contribution in [-0.4, -0.2) is 51.7 Å². The summed E-state index contributed by atoms with van der Waals surface area (Å²) in [7, 11) is 6.76.